The molecular formula is C24H24N6O2. The Kier molecular flexibility index (Phi) is 5.41. The number of hydrogen-bond donors (Lipinski definition) is 2. The van der Waals surface area contributed by atoms with Crippen molar-refractivity contribution in [2.75, 3.05) is 12.3 Å². The van der Waals surface area contributed by atoms with Gasteiger partial charge in [0.05, 0.1) is 23.5 Å². The van der Waals surface area contributed by atoms with Gasteiger partial charge in [0.15, 0.2) is 5.65 Å². The zero-order chi connectivity index (χ0) is 21.9. The van der Waals surface area contributed by atoms with E-state index in [-0.39, 0.29) is 17.3 Å². The third-order valence-corrected chi connectivity index (χ3v) is 5.66. The first kappa shape index (κ1) is 20.0. The van der Waals surface area contributed by atoms with Crippen molar-refractivity contribution in [2.24, 2.45) is 5.10 Å². The zero-order valence-corrected chi connectivity index (χ0v) is 17.6. The molecule has 162 valence electrons. The molecule has 32 heavy (non-hydrogen) atoms. The van der Waals surface area contributed by atoms with Crippen LogP contribution in [0.25, 0.3) is 22.2 Å². The summed E-state index contributed by atoms with van der Waals surface area (Å²) >= 11 is 0. The summed E-state index contributed by atoms with van der Waals surface area (Å²) in [6.07, 6.45) is 10.9. The highest BCUT2D eigenvalue weighted by Gasteiger charge is 2.24. The topological polar surface area (TPSA) is 111 Å². The highest BCUT2D eigenvalue weighted by atomic mass is 16.3. The molecule has 1 aliphatic rings. The second kappa shape index (κ2) is 8.66. The summed E-state index contributed by atoms with van der Waals surface area (Å²) in [5.41, 5.74) is 10.3. The van der Waals surface area contributed by atoms with E-state index in [9.17, 15) is 4.79 Å². The van der Waals surface area contributed by atoms with Crippen LogP contribution in [0.3, 0.4) is 0 Å². The number of nitrogens with two attached hydrogens (primary N) is 1. The molecule has 0 aliphatic heterocycles. The van der Waals surface area contributed by atoms with E-state index in [0.717, 1.165) is 19.3 Å². The molecule has 0 unspecified atom stereocenters. The van der Waals surface area contributed by atoms with E-state index in [1.165, 1.54) is 29.3 Å². The fourth-order valence-electron chi connectivity index (χ4n) is 4.02. The fourth-order valence-corrected chi connectivity index (χ4v) is 4.02. The van der Waals surface area contributed by atoms with Crippen molar-refractivity contribution in [3.63, 3.8) is 0 Å². The Morgan fingerprint density at radius 2 is 2.03 bits per heavy atom. The van der Waals surface area contributed by atoms with Crippen LogP contribution in [-0.2, 0) is 0 Å². The normalized spacial score (nSPS) is 14.3. The average molecular weight is 428 g/mol. The minimum absolute atomic E-state index is 0.187. The van der Waals surface area contributed by atoms with E-state index < -0.39 is 0 Å². The number of para-hydroxylation sites is 2. The number of amides is 1. The van der Waals surface area contributed by atoms with Gasteiger partial charge in [-0.15, -0.1) is 0 Å². The van der Waals surface area contributed by atoms with Crippen molar-refractivity contribution >= 4 is 40.1 Å². The minimum atomic E-state index is -0.277. The van der Waals surface area contributed by atoms with Gasteiger partial charge < -0.3 is 15.5 Å². The molecule has 0 spiro atoms. The van der Waals surface area contributed by atoms with Crippen molar-refractivity contribution < 1.29 is 9.21 Å². The maximum absolute atomic E-state index is 13.1. The lowest BCUT2D eigenvalue weighted by Crippen LogP contribution is -2.25. The van der Waals surface area contributed by atoms with Gasteiger partial charge in [-0.2, -0.15) is 9.78 Å². The summed E-state index contributed by atoms with van der Waals surface area (Å²) in [7, 11) is 0. The minimum Gasteiger partial charge on any atom is -0.463 e. The predicted molar refractivity (Wildman–Crippen MR) is 125 cm³/mol. The van der Waals surface area contributed by atoms with Gasteiger partial charge in [-0.25, -0.2) is 9.97 Å². The number of nitrogens with one attached hydrogen (secondary N) is 1. The van der Waals surface area contributed by atoms with Gasteiger partial charge in [-0.05, 0) is 56.4 Å². The fraction of sp³-hybridized carbons (Fsp3) is 0.250. The van der Waals surface area contributed by atoms with Crippen LogP contribution in [0.2, 0.25) is 0 Å². The Hall–Kier alpha value is -3.94. The number of allylic oxidation sites excluding steroid dienone is 1. The average Bonchev–Trinajstić information content (AvgIpc) is 3.42. The monoisotopic (exact) mass is 428 g/mol. The second-order valence-corrected chi connectivity index (χ2v) is 7.83. The van der Waals surface area contributed by atoms with Crippen molar-refractivity contribution in [1.82, 2.24) is 20.0 Å². The number of aromatic nitrogens is 3. The Balaban J connectivity index is 1.51. The molecular weight excluding hydrogens is 404 g/mol. The summed E-state index contributed by atoms with van der Waals surface area (Å²) in [5.74, 6) is 0.472. The lowest BCUT2D eigenvalue weighted by Gasteiger charge is -2.12. The first-order chi connectivity index (χ1) is 15.7. The molecule has 0 fully saturated rings. The molecule has 1 aliphatic carbocycles. The van der Waals surface area contributed by atoms with E-state index in [1.807, 2.05) is 24.3 Å². The lowest BCUT2D eigenvalue weighted by atomic mass is 9.97. The Bertz CT molecular complexity index is 1330. The molecule has 5 rings (SSSR count). The third-order valence-electron chi connectivity index (χ3n) is 5.66. The maximum atomic E-state index is 13.1. The zero-order valence-electron chi connectivity index (χ0n) is 17.6. The summed E-state index contributed by atoms with van der Waals surface area (Å²) < 4.78 is 6.76. The van der Waals surface area contributed by atoms with Crippen molar-refractivity contribution in [2.45, 2.75) is 32.1 Å². The van der Waals surface area contributed by atoms with Gasteiger partial charge in [-0.3, -0.25) is 4.79 Å². The van der Waals surface area contributed by atoms with E-state index in [4.69, 9.17) is 15.1 Å². The summed E-state index contributed by atoms with van der Waals surface area (Å²) in [5, 5.41) is 7.42. The molecule has 0 radical (unpaired) electrons. The number of fused-ring (bicyclic) bond motifs is 2. The SMILES string of the molecule is Nc1c(C(=O)NCCC2=CCCCC2)c2nc3ccccc3nc2n1/N=C/c1ccco1. The quantitative estimate of drug-likeness (QED) is 0.352. The lowest BCUT2D eigenvalue weighted by molar-refractivity contribution is 0.0956. The molecule has 3 aromatic heterocycles. The molecule has 0 bridgehead atoms. The molecule has 8 nitrogen and oxygen atoms in total. The van der Waals surface area contributed by atoms with Crippen molar-refractivity contribution in [3.8, 4) is 0 Å². The first-order valence-corrected chi connectivity index (χ1v) is 10.8. The van der Waals surface area contributed by atoms with Crippen LogP contribution >= 0.6 is 0 Å². The number of hydrogen-bond acceptors (Lipinski definition) is 6. The van der Waals surface area contributed by atoms with E-state index in [0.29, 0.717) is 34.5 Å². The van der Waals surface area contributed by atoms with Crippen LogP contribution in [0.1, 0.15) is 48.2 Å². The van der Waals surface area contributed by atoms with Crippen molar-refractivity contribution in [3.05, 3.63) is 65.6 Å². The third kappa shape index (κ3) is 3.87. The number of benzene rings is 1. The molecule has 1 amide bonds. The number of nitrogens with zero attached hydrogens (tertiary/aromatic N) is 4. The number of carbonyl (C=O) groups excluding carboxylic acids is 1. The standard InChI is InChI=1S/C24H24N6O2/c25-22-20(24(31)26-13-12-16-7-2-1-3-8-16)21-23(29-19-11-5-4-10-18(19)28-21)30(22)27-15-17-9-6-14-32-17/h4-7,9-11,14-15H,1-3,8,12-13,25H2,(H,26,31)/b27-15+. The largest absolute Gasteiger partial charge is 0.463 e. The van der Waals surface area contributed by atoms with Crippen LogP contribution < -0.4 is 11.1 Å². The number of furan rings is 1. The number of anilines is 1. The first-order valence-electron chi connectivity index (χ1n) is 10.8. The van der Waals surface area contributed by atoms with Gasteiger partial charge in [0.2, 0.25) is 0 Å². The molecule has 3 heterocycles. The molecule has 4 aromatic rings. The Morgan fingerprint density at radius 1 is 1.19 bits per heavy atom. The van der Waals surface area contributed by atoms with Gasteiger partial charge in [0.25, 0.3) is 5.91 Å². The Labute approximate surface area is 184 Å². The summed E-state index contributed by atoms with van der Waals surface area (Å²) in [6, 6.07) is 11.0. The van der Waals surface area contributed by atoms with Crippen LogP contribution in [0, 0.1) is 0 Å². The molecule has 8 heteroatoms. The smallest absolute Gasteiger partial charge is 0.257 e. The van der Waals surface area contributed by atoms with E-state index >= 15 is 0 Å². The van der Waals surface area contributed by atoms with Gasteiger partial charge >= 0.3 is 0 Å². The van der Waals surface area contributed by atoms with Crippen LogP contribution in [0.4, 0.5) is 5.82 Å². The van der Waals surface area contributed by atoms with Gasteiger partial charge in [0.1, 0.15) is 22.7 Å². The number of carbonyl (C=O) groups is 1. The van der Waals surface area contributed by atoms with Crippen LogP contribution in [-0.4, -0.2) is 33.3 Å². The van der Waals surface area contributed by atoms with E-state index in [1.54, 1.807) is 18.4 Å². The van der Waals surface area contributed by atoms with Gasteiger partial charge in [-0.1, -0.05) is 23.8 Å². The molecule has 0 atom stereocenters. The number of nitrogen functional groups attached to an aromatic ring is 1. The number of rotatable bonds is 6. The second-order valence-electron chi connectivity index (χ2n) is 7.83. The van der Waals surface area contributed by atoms with E-state index in [2.05, 4.69) is 21.5 Å². The maximum Gasteiger partial charge on any atom is 0.257 e. The van der Waals surface area contributed by atoms with Crippen molar-refractivity contribution in [1.29, 1.82) is 0 Å². The van der Waals surface area contributed by atoms with Crippen LogP contribution in [0.15, 0.2) is 63.8 Å². The van der Waals surface area contributed by atoms with Gasteiger partial charge in [0, 0.05) is 6.54 Å². The van der Waals surface area contributed by atoms with Crippen LogP contribution in [0.5, 0.6) is 0 Å². The molecule has 1 aromatic carbocycles. The molecule has 0 saturated heterocycles. The molecule has 0 saturated carbocycles. The summed E-state index contributed by atoms with van der Waals surface area (Å²) in [4.78, 5) is 22.5. The Morgan fingerprint density at radius 3 is 2.78 bits per heavy atom. The highest BCUT2D eigenvalue weighted by molar-refractivity contribution is 6.10. The molecule has 3 N–H and O–H groups in total. The highest BCUT2D eigenvalue weighted by Crippen LogP contribution is 2.28. The predicted octanol–water partition coefficient (Wildman–Crippen LogP) is 4.26. The summed E-state index contributed by atoms with van der Waals surface area (Å²) in [6.45, 7) is 0.549.